The van der Waals surface area contributed by atoms with Crippen LogP contribution in [0.25, 0.3) is 11.3 Å². The summed E-state index contributed by atoms with van der Waals surface area (Å²) in [6.07, 6.45) is 2.43. The molecule has 0 amide bonds. The Hall–Kier alpha value is -2.10. The van der Waals surface area contributed by atoms with Gasteiger partial charge in [0.25, 0.3) is 5.56 Å². The summed E-state index contributed by atoms with van der Waals surface area (Å²) < 4.78 is 5.56. The molecule has 0 saturated heterocycles. The maximum atomic E-state index is 11.9. The molecule has 0 aliphatic heterocycles. The van der Waals surface area contributed by atoms with Crippen molar-refractivity contribution in [3.8, 4) is 17.0 Å². The van der Waals surface area contributed by atoms with Crippen LogP contribution in [-0.2, 0) is 0 Å². The number of hydrogen-bond acceptors (Lipinski definition) is 3. The summed E-state index contributed by atoms with van der Waals surface area (Å²) in [4.78, 5) is 18.9. The molecule has 1 aromatic carbocycles. The fourth-order valence-electron chi connectivity index (χ4n) is 2.10. The molecule has 1 aromatic heterocycles. The largest absolute Gasteiger partial charge is 0.494 e. The summed E-state index contributed by atoms with van der Waals surface area (Å²) in [6, 6.07) is 7.72. The number of nitrogens with one attached hydrogen (secondary N) is 1. The summed E-state index contributed by atoms with van der Waals surface area (Å²) in [5, 5.41) is 0. The second kappa shape index (κ2) is 6.37. The Morgan fingerprint density at radius 1 is 1.25 bits per heavy atom. The molecule has 0 aliphatic carbocycles. The van der Waals surface area contributed by atoms with Crippen molar-refractivity contribution in [2.45, 2.75) is 33.1 Å². The normalized spacial score (nSPS) is 10.8. The molecule has 106 valence electrons. The number of rotatable bonds is 5. The van der Waals surface area contributed by atoms with Gasteiger partial charge >= 0.3 is 0 Å². The summed E-state index contributed by atoms with van der Waals surface area (Å²) in [5.74, 6) is 0.963. The zero-order valence-corrected chi connectivity index (χ0v) is 12.1. The van der Waals surface area contributed by atoms with Gasteiger partial charge in [0.1, 0.15) is 5.75 Å². The molecule has 0 spiro atoms. The van der Waals surface area contributed by atoms with Gasteiger partial charge < -0.3 is 9.72 Å². The summed E-state index contributed by atoms with van der Waals surface area (Å²) in [7, 11) is 0. The fourth-order valence-corrected chi connectivity index (χ4v) is 2.10. The van der Waals surface area contributed by atoms with E-state index in [1.807, 2.05) is 38.1 Å². The zero-order chi connectivity index (χ0) is 14.5. The summed E-state index contributed by atoms with van der Waals surface area (Å²) >= 11 is 0. The van der Waals surface area contributed by atoms with Crippen LogP contribution < -0.4 is 10.3 Å². The topological polar surface area (TPSA) is 55.0 Å². The molecule has 0 aliphatic rings. The fraction of sp³-hybridized carbons (Fsp3) is 0.375. The Morgan fingerprint density at radius 2 is 1.95 bits per heavy atom. The predicted molar refractivity (Wildman–Crippen MR) is 80.2 cm³/mol. The molecule has 4 nitrogen and oxygen atoms in total. The first-order valence-corrected chi connectivity index (χ1v) is 6.94. The highest BCUT2D eigenvalue weighted by Crippen LogP contribution is 2.25. The molecular formula is C16H20N2O2. The van der Waals surface area contributed by atoms with Gasteiger partial charge in [0, 0.05) is 11.1 Å². The maximum absolute atomic E-state index is 11.9. The number of ether oxygens (including phenoxy) is 1. The van der Waals surface area contributed by atoms with E-state index in [2.05, 4.69) is 16.9 Å². The van der Waals surface area contributed by atoms with Crippen molar-refractivity contribution < 1.29 is 4.74 Å². The van der Waals surface area contributed by atoms with Gasteiger partial charge in [-0.2, -0.15) is 0 Å². The molecule has 0 unspecified atom stereocenters. The Bertz CT molecular complexity index is 615. The lowest BCUT2D eigenvalue weighted by Gasteiger charge is -2.11. The van der Waals surface area contributed by atoms with Crippen LogP contribution in [-0.4, -0.2) is 16.6 Å². The number of aromatic amines is 1. The van der Waals surface area contributed by atoms with Crippen LogP contribution in [0.1, 0.15) is 38.7 Å². The molecule has 2 aromatic rings. The van der Waals surface area contributed by atoms with Crippen LogP contribution in [0.5, 0.6) is 5.75 Å². The molecule has 20 heavy (non-hydrogen) atoms. The zero-order valence-electron chi connectivity index (χ0n) is 12.1. The van der Waals surface area contributed by atoms with Gasteiger partial charge in [-0.25, -0.2) is 4.98 Å². The van der Waals surface area contributed by atoms with Gasteiger partial charge in [0.05, 0.1) is 18.6 Å². The highest BCUT2D eigenvalue weighted by molar-refractivity contribution is 5.63. The van der Waals surface area contributed by atoms with Crippen LogP contribution in [0.15, 0.2) is 35.4 Å². The van der Waals surface area contributed by atoms with E-state index in [0.717, 1.165) is 29.0 Å². The molecule has 0 bridgehead atoms. The number of hydrogen-bond donors (Lipinski definition) is 1. The van der Waals surface area contributed by atoms with Gasteiger partial charge in [-0.15, -0.1) is 0 Å². The highest BCUT2D eigenvalue weighted by Gasteiger charge is 2.14. The first-order valence-electron chi connectivity index (χ1n) is 6.94. The van der Waals surface area contributed by atoms with Crippen LogP contribution in [0, 0.1) is 0 Å². The van der Waals surface area contributed by atoms with E-state index >= 15 is 0 Å². The monoisotopic (exact) mass is 272 g/mol. The van der Waals surface area contributed by atoms with E-state index < -0.39 is 0 Å². The molecule has 0 radical (unpaired) electrons. The van der Waals surface area contributed by atoms with Gasteiger partial charge in [-0.1, -0.05) is 20.8 Å². The average molecular weight is 272 g/mol. The smallest absolute Gasteiger partial charge is 0.254 e. The van der Waals surface area contributed by atoms with Crippen LogP contribution >= 0.6 is 0 Å². The first-order chi connectivity index (χ1) is 9.63. The van der Waals surface area contributed by atoms with Crippen molar-refractivity contribution in [3.63, 3.8) is 0 Å². The minimum absolute atomic E-state index is 0.0729. The van der Waals surface area contributed by atoms with Crippen LogP contribution in [0.2, 0.25) is 0 Å². The molecule has 2 rings (SSSR count). The van der Waals surface area contributed by atoms with Crippen LogP contribution in [0.3, 0.4) is 0 Å². The number of benzene rings is 1. The lowest BCUT2D eigenvalue weighted by molar-refractivity contribution is 0.317. The Labute approximate surface area is 118 Å². The minimum atomic E-state index is -0.0729. The summed E-state index contributed by atoms with van der Waals surface area (Å²) in [5.41, 5.74) is 2.32. The third-order valence-electron chi connectivity index (χ3n) is 3.07. The first kappa shape index (κ1) is 14.3. The van der Waals surface area contributed by atoms with Gasteiger partial charge in [0.15, 0.2) is 0 Å². The molecule has 0 fully saturated rings. The van der Waals surface area contributed by atoms with Crippen molar-refractivity contribution in [2.75, 3.05) is 6.61 Å². The maximum Gasteiger partial charge on any atom is 0.254 e. The van der Waals surface area contributed by atoms with E-state index in [0.29, 0.717) is 6.61 Å². The number of nitrogens with zero attached hydrogens (tertiary/aromatic N) is 1. The quantitative estimate of drug-likeness (QED) is 0.908. The standard InChI is InChI=1S/C16H20N2O2/c1-4-9-20-13-7-5-12(6-8-13)15-14(11(2)3)16(19)18-10-17-15/h5-8,10-11H,4,9H2,1-3H3,(H,17,18,19). The summed E-state index contributed by atoms with van der Waals surface area (Å²) in [6.45, 7) is 6.77. The Morgan fingerprint density at radius 3 is 2.55 bits per heavy atom. The third-order valence-corrected chi connectivity index (χ3v) is 3.07. The van der Waals surface area contributed by atoms with Crippen LogP contribution in [0.4, 0.5) is 0 Å². The second-order valence-corrected chi connectivity index (χ2v) is 5.02. The van der Waals surface area contributed by atoms with E-state index in [-0.39, 0.29) is 11.5 Å². The second-order valence-electron chi connectivity index (χ2n) is 5.02. The number of aromatic nitrogens is 2. The third kappa shape index (κ3) is 3.07. The van der Waals surface area contributed by atoms with Crippen molar-refractivity contribution in [3.05, 3.63) is 46.5 Å². The molecule has 1 heterocycles. The molecule has 0 saturated carbocycles. The lowest BCUT2D eigenvalue weighted by Crippen LogP contribution is -2.16. The minimum Gasteiger partial charge on any atom is -0.494 e. The van der Waals surface area contributed by atoms with E-state index in [1.54, 1.807) is 0 Å². The molecule has 1 N–H and O–H groups in total. The average Bonchev–Trinajstić information content (AvgIpc) is 2.45. The van der Waals surface area contributed by atoms with E-state index in [4.69, 9.17) is 4.74 Å². The van der Waals surface area contributed by atoms with Gasteiger partial charge in [-0.05, 0) is 36.6 Å². The number of H-pyrrole nitrogens is 1. The lowest BCUT2D eigenvalue weighted by atomic mass is 9.98. The van der Waals surface area contributed by atoms with Crippen molar-refractivity contribution in [1.82, 2.24) is 9.97 Å². The van der Waals surface area contributed by atoms with Crippen molar-refractivity contribution in [1.29, 1.82) is 0 Å². The SMILES string of the molecule is CCCOc1ccc(-c2nc[nH]c(=O)c2C(C)C)cc1. The van der Waals surface area contributed by atoms with Crippen molar-refractivity contribution in [2.24, 2.45) is 0 Å². The Balaban J connectivity index is 2.37. The molecule has 0 atom stereocenters. The van der Waals surface area contributed by atoms with Gasteiger partial charge in [-0.3, -0.25) is 4.79 Å². The molecule has 4 heteroatoms. The highest BCUT2D eigenvalue weighted by atomic mass is 16.5. The van der Waals surface area contributed by atoms with E-state index in [1.165, 1.54) is 6.33 Å². The van der Waals surface area contributed by atoms with E-state index in [9.17, 15) is 4.79 Å². The molecular weight excluding hydrogens is 252 g/mol. The van der Waals surface area contributed by atoms with Gasteiger partial charge in [0.2, 0.25) is 0 Å². The Kier molecular flexibility index (Phi) is 4.56. The van der Waals surface area contributed by atoms with Crippen molar-refractivity contribution >= 4 is 0 Å². The predicted octanol–water partition coefficient (Wildman–Crippen LogP) is 3.35.